The average Bonchev–Trinajstić information content (AvgIpc) is 2.76. The van der Waals surface area contributed by atoms with E-state index in [2.05, 4.69) is 41.1 Å². The molecule has 21 heavy (non-hydrogen) atoms. The molecule has 0 amide bonds. The highest BCUT2D eigenvalue weighted by Crippen LogP contribution is 2.37. The van der Waals surface area contributed by atoms with E-state index in [-0.39, 0.29) is 0 Å². The highest BCUT2D eigenvalue weighted by molar-refractivity contribution is 5.82. The Balaban J connectivity index is 2.11. The Morgan fingerprint density at radius 2 is 2.10 bits per heavy atom. The molecule has 0 bridgehead atoms. The van der Waals surface area contributed by atoms with Crippen molar-refractivity contribution in [1.82, 2.24) is 9.88 Å². The number of benzene rings is 1. The van der Waals surface area contributed by atoms with Gasteiger partial charge in [0.25, 0.3) is 0 Å². The molecule has 2 N–H and O–H groups in total. The zero-order chi connectivity index (χ0) is 14.7. The van der Waals surface area contributed by atoms with Gasteiger partial charge >= 0.3 is 0 Å². The summed E-state index contributed by atoms with van der Waals surface area (Å²) < 4.78 is 0. The van der Waals surface area contributed by atoms with Crippen molar-refractivity contribution in [3.8, 4) is 0 Å². The first kappa shape index (κ1) is 14.5. The molecule has 1 aliphatic rings. The molecule has 1 aliphatic heterocycles. The first-order chi connectivity index (χ1) is 10.3. The van der Waals surface area contributed by atoms with Crippen LogP contribution in [0, 0.1) is 5.92 Å². The summed E-state index contributed by atoms with van der Waals surface area (Å²) >= 11 is 0. The Morgan fingerprint density at radius 3 is 2.90 bits per heavy atom. The number of fused-ring (bicyclic) bond motifs is 1. The Kier molecular flexibility index (Phi) is 4.51. The van der Waals surface area contributed by atoms with Gasteiger partial charge < -0.3 is 5.73 Å². The molecular weight excluding hydrogens is 258 g/mol. The van der Waals surface area contributed by atoms with Crippen LogP contribution in [0.15, 0.2) is 36.5 Å². The van der Waals surface area contributed by atoms with Crippen molar-refractivity contribution in [3.63, 3.8) is 0 Å². The van der Waals surface area contributed by atoms with Gasteiger partial charge in [-0.15, -0.1) is 0 Å². The minimum absolute atomic E-state index is 0.404. The lowest BCUT2D eigenvalue weighted by atomic mass is 9.88. The van der Waals surface area contributed by atoms with Gasteiger partial charge in [0.05, 0.1) is 5.52 Å². The van der Waals surface area contributed by atoms with E-state index in [9.17, 15) is 0 Å². The van der Waals surface area contributed by atoms with Crippen LogP contribution in [0.2, 0.25) is 0 Å². The van der Waals surface area contributed by atoms with Crippen molar-refractivity contribution in [2.45, 2.75) is 32.2 Å². The molecule has 0 aliphatic carbocycles. The molecule has 2 unspecified atom stereocenters. The molecule has 0 saturated carbocycles. The summed E-state index contributed by atoms with van der Waals surface area (Å²) in [6, 6.07) is 11.1. The molecule has 1 aromatic heterocycles. The Morgan fingerprint density at radius 1 is 1.24 bits per heavy atom. The first-order valence-corrected chi connectivity index (χ1v) is 8.13. The molecule has 0 radical (unpaired) electrons. The van der Waals surface area contributed by atoms with E-state index >= 15 is 0 Å². The van der Waals surface area contributed by atoms with E-state index in [1.165, 1.54) is 36.8 Å². The number of pyridine rings is 1. The van der Waals surface area contributed by atoms with E-state index in [1.54, 1.807) is 0 Å². The van der Waals surface area contributed by atoms with Crippen LogP contribution in [-0.4, -0.2) is 29.5 Å². The van der Waals surface area contributed by atoms with Crippen molar-refractivity contribution in [3.05, 3.63) is 42.1 Å². The largest absolute Gasteiger partial charge is 0.330 e. The summed E-state index contributed by atoms with van der Waals surface area (Å²) in [5.41, 5.74) is 8.61. The second kappa shape index (κ2) is 6.54. The highest BCUT2D eigenvalue weighted by Gasteiger charge is 2.30. The number of hydrogen-bond donors (Lipinski definition) is 1. The Hall–Kier alpha value is -1.45. The zero-order valence-electron chi connectivity index (χ0n) is 12.8. The van der Waals surface area contributed by atoms with E-state index in [0.29, 0.717) is 12.0 Å². The number of aromatic nitrogens is 1. The predicted molar refractivity (Wildman–Crippen MR) is 88.1 cm³/mol. The molecule has 3 nitrogen and oxygen atoms in total. The van der Waals surface area contributed by atoms with Crippen LogP contribution < -0.4 is 5.73 Å². The second-order valence-corrected chi connectivity index (χ2v) is 5.99. The number of nitrogens with two attached hydrogens (primary N) is 1. The van der Waals surface area contributed by atoms with Crippen LogP contribution in [0.25, 0.3) is 10.9 Å². The molecule has 0 spiro atoms. The maximum absolute atomic E-state index is 6.11. The number of para-hydroxylation sites is 1. The summed E-state index contributed by atoms with van der Waals surface area (Å²) in [6.45, 7) is 5.25. The normalized spacial score (nSPS) is 24.1. The minimum atomic E-state index is 0.404. The third-order valence-electron chi connectivity index (χ3n) is 4.80. The molecule has 3 rings (SSSR count). The molecule has 2 aromatic rings. The third-order valence-corrected chi connectivity index (χ3v) is 4.80. The maximum atomic E-state index is 6.11. The number of likely N-dealkylation sites (tertiary alicyclic amines) is 1. The summed E-state index contributed by atoms with van der Waals surface area (Å²) in [5, 5.41) is 1.23. The van der Waals surface area contributed by atoms with E-state index < -0.39 is 0 Å². The van der Waals surface area contributed by atoms with E-state index in [0.717, 1.165) is 18.6 Å². The van der Waals surface area contributed by atoms with Crippen molar-refractivity contribution in [2.75, 3.05) is 19.6 Å². The summed E-state index contributed by atoms with van der Waals surface area (Å²) in [4.78, 5) is 7.25. The Labute approximate surface area is 127 Å². The van der Waals surface area contributed by atoms with Gasteiger partial charge in [-0.1, -0.05) is 37.6 Å². The van der Waals surface area contributed by atoms with E-state index in [1.807, 2.05) is 12.3 Å². The van der Waals surface area contributed by atoms with Crippen LogP contribution in [0.5, 0.6) is 0 Å². The van der Waals surface area contributed by atoms with Crippen molar-refractivity contribution in [1.29, 1.82) is 0 Å². The van der Waals surface area contributed by atoms with Gasteiger partial charge in [0, 0.05) is 17.6 Å². The lowest BCUT2D eigenvalue weighted by Crippen LogP contribution is -2.35. The van der Waals surface area contributed by atoms with Crippen LogP contribution >= 0.6 is 0 Å². The van der Waals surface area contributed by atoms with Crippen LogP contribution in [0.1, 0.15) is 37.8 Å². The lowest BCUT2D eigenvalue weighted by Gasteiger charge is -2.34. The average molecular weight is 283 g/mol. The van der Waals surface area contributed by atoms with Gasteiger partial charge in [0.2, 0.25) is 0 Å². The van der Waals surface area contributed by atoms with Gasteiger partial charge in [-0.05, 0) is 50.0 Å². The molecule has 2 heterocycles. The first-order valence-electron chi connectivity index (χ1n) is 8.13. The number of rotatable bonds is 3. The smallest absolute Gasteiger partial charge is 0.0749 e. The summed E-state index contributed by atoms with van der Waals surface area (Å²) in [5.74, 6) is 0.528. The van der Waals surface area contributed by atoms with Gasteiger partial charge in [-0.3, -0.25) is 9.88 Å². The van der Waals surface area contributed by atoms with Gasteiger partial charge in [0.15, 0.2) is 0 Å². The molecule has 1 aromatic carbocycles. The fourth-order valence-electron chi connectivity index (χ4n) is 3.74. The standard InChI is InChI=1S/C18H25N3/c1-2-21-12-4-3-7-15(13-19)18(21)16-10-5-8-14-9-6-11-20-17(14)16/h5-6,8-11,15,18H,2-4,7,12-13,19H2,1H3. The second-order valence-electron chi connectivity index (χ2n) is 5.99. The number of hydrogen-bond acceptors (Lipinski definition) is 3. The SMILES string of the molecule is CCN1CCCCC(CN)C1c1cccc2cccnc12. The molecule has 2 atom stereocenters. The number of nitrogens with zero attached hydrogens (tertiary/aromatic N) is 2. The van der Waals surface area contributed by atoms with Gasteiger partial charge in [-0.2, -0.15) is 0 Å². The fraction of sp³-hybridized carbons (Fsp3) is 0.500. The van der Waals surface area contributed by atoms with Crippen LogP contribution in [-0.2, 0) is 0 Å². The minimum Gasteiger partial charge on any atom is -0.330 e. The topological polar surface area (TPSA) is 42.1 Å². The highest BCUT2D eigenvalue weighted by atomic mass is 15.2. The lowest BCUT2D eigenvalue weighted by molar-refractivity contribution is 0.167. The molecule has 112 valence electrons. The van der Waals surface area contributed by atoms with Crippen LogP contribution in [0.3, 0.4) is 0 Å². The molecule has 1 fully saturated rings. The third kappa shape index (κ3) is 2.81. The maximum Gasteiger partial charge on any atom is 0.0749 e. The molecular formula is C18H25N3. The van der Waals surface area contributed by atoms with Crippen molar-refractivity contribution < 1.29 is 0 Å². The van der Waals surface area contributed by atoms with E-state index in [4.69, 9.17) is 5.73 Å². The monoisotopic (exact) mass is 283 g/mol. The molecule has 1 saturated heterocycles. The van der Waals surface area contributed by atoms with Crippen molar-refractivity contribution >= 4 is 10.9 Å². The molecule has 3 heteroatoms. The van der Waals surface area contributed by atoms with Gasteiger partial charge in [-0.25, -0.2) is 0 Å². The van der Waals surface area contributed by atoms with Crippen LogP contribution in [0.4, 0.5) is 0 Å². The zero-order valence-corrected chi connectivity index (χ0v) is 12.8. The fourth-order valence-corrected chi connectivity index (χ4v) is 3.74. The van der Waals surface area contributed by atoms with Gasteiger partial charge in [0.1, 0.15) is 0 Å². The quantitative estimate of drug-likeness (QED) is 0.939. The Bertz CT molecular complexity index is 577. The summed E-state index contributed by atoms with van der Waals surface area (Å²) in [6.07, 6.45) is 5.68. The summed E-state index contributed by atoms with van der Waals surface area (Å²) in [7, 11) is 0. The predicted octanol–water partition coefficient (Wildman–Crippen LogP) is 3.36. The van der Waals surface area contributed by atoms with Crippen molar-refractivity contribution in [2.24, 2.45) is 11.7 Å².